The zero-order chi connectivity index (χ0) is 13.0. The molecule has 0 atom stereocenters. The van der Waals surface area contributed by atoms with Gasteiger partial charge in [0.1, 0.15) is 0 Å². The van der Waals surface area contributed by atoms with Crippen LogP contribution in [-0.4, -0.2) is 50.8 Å². The smallest absolute Gasteiger partial charge is 0.0531 e. The Morgan fingerprint density at radius 2 is 1.94 bits per heavy atom. The molecule has 0 unspecified atom stereocenters. The van der Waals surface area contributed by atoms with Gasteiger partial charge in [0.15, 0.2) is 0 Å². The monoisotopic (exact) mass is 254 g/mol. The number of piperidine rings is 1. The minimum atomic E-state index is 0.400. The van der Waals surface area contributed by atoms with Gasteiger partial charge >= 0.3 is 0 Å². The lowest BCUT2D eigenvalue weighted by Crippen LogP contribution is -2.48. The minimum absolute atomic E-state index is 0.400. The third kappa shape index (κ3) is 3.94. The third-order valence-corrected chi connectivity index (χ3v) is 4.32. The van der Waals surface area contributed by atoms with Gasteiger partial charge in [-0.15, -0.1) is 0 Å². The van der Waals surface area contributed by atoms with E-state index in [0.717, 1.165) is 31.7 Å². The van der Waals surface area contributed by atoms with Crippen LogP contribution < -0.4 is 5.32 Å². The van der Waals surface area contributed by atoms with Crippen molar-refractivity contribution in [2.24, 2.45) is 11.3 Å². The fourth-order valence-electron chi connectivity index (χ4n) is 3.29. The Kier molecular flexibility index (Phi) is 5.05. The van der Waals surface area contributed by atoms with Crippen molar-refractivity contribution in [2.45, 2.75) is 45.6 Å². The maximum atomic E-state index is 5.54. The first-order chi connectivity index (χ1) is 8.65. The zero-order valence-electron chi connectivity index (χ0n) is 12.4. The SMILES string of the molecule is COCC1(CN(CC(C)C)C2CC2)CCNCC1. The molecular formula is C15H30N2O. The van der Waals surface area contributed by atoms with Crippen LogP contribution in [0, 0.1) is 11.3 Å². The lowest BCUT2D eigenvalue weighted by molar-refractivity contribution is 0.0172. The first-order valence-electron chi connectivity index (χ1n) is 7.59. The Labute approximate surface area is 112 Å². The van der Waals surface area contributed by atoms with Crippen molar-refractivity contribution in [2.75, 3.05) is 39.9 Å². The van der Waals surface area contributed by atoms with Gasteiger partial charge in [-0.1, -0.05) is 13.8 Å². The fraction of sp³-hybridized carbons (Fsp3) is 1.00. The summed E-state index contributed by atoms with van der Waals surface area (Å²) in [6, 6.07) is 0.871. The van der Waals surface area contributed by atoms with Crippen LogP contribution in [0.15, 0.2) is 0 Å². The van der Waals surface area contributed by atoms with Crippen molar-refractivity contribution < 1.29 is 4.74 Å². The van der Waals surface area contributed by atoms with Gasteiger partial charge in [0.25, 0.3) is 0 Å². The topological polar surface area (TPSA) is 24.5 Å². The predicted octanol–water partition coefficient (Wildman–Crippen LogP) is 2.12. The normalized spacial score (nSPS) is 23.8. The van der Waals surface area contributed by atoms with Crippen molar-refractivity contribution in [1.29, 1.82) is 0 Å². The second kappa shape index (κ2) is 6.36. The van der Waals surface area contributed by atoms with E-state index in [1.54, 1.807) is 0 Å². The maximum Gasteiger partial charge on any atom is 0.0531 e. The standard InChI is InChI=1S/C15H30N2O/c1-13(2)10-17(14-4-5-14)11-15(12-18-3)6-8-16-9-7-15/h13-14,16H,4-12H2,1-3H3. The quantitative estimate of drug-likeness (QED) is 0.753. The van der Waals surface area contributed by atoms with Crippen LogP contribution in [-0.2, 0) is 4.74 Å². The summed E-state index contributed by atoms with van der Waals surface area (Å²) < 4.78 is 5.54. The first-order valence-corrected chi connectivity index (χ1v) is 7.59. The van der Waals surface area contributed by atoms with Gasteiger partial charge < -0.3 is 10.1 Å². The summed E-state index contributed by atoms with van der Waals surface area (Å²) in [5.74, 6) is 0.770. The summed E-state index contributed by atoms with van der Waals surface area (Å²) in [5.41, 5.74) is 0.400. The molecule has 0 spiro atoms. The van der Waals surface area contributed by atoms with Crippen LogP contribution in [0.2, 0.25) is 0 Å². The second-order valence-electron chi connectivity index (χ2n) is 6.74. The molecule has 0 amide bonds. The molecule has 0 bridgehead atoms. The molecule has 1 N–H and O–H groups in total. The Balaban J connectivity index is 1.96. The van der Waals surface area contributed by atoms with E-state index < -0.39 is 0 Å². The summed E-state index contributed by atoms with van der Waals surface area (Å²) in [6.07, 6.45) is 5.35. The van der Waals surface area contributed by atoms with E-state index in [4.69, 9.17) is 4.74 Å². The molecule has 1 aliphatic heterocycles. The van der Waals surface area contributed by atoms with Gasteiger partial charge in [0.2, 0.25) is 0 Å². The van der Waals surface area contributed by atoms with E-state index >= 15 is 0 Å². The highest BCUT2D eigenvalue weighted by Crippen LogP contribution is 2.35. The van der Waals surface area contributed by atoms with E-state index in [1.807, 2.05) is 7.11 Å². The average molecular weight is 254 g/mol. The molecule has 1 heterocycles. The Morgan fingerprint density at radius 3 is 2.44 bits per heavy atom. The number of nitrogens with zero attached hydrogens (tertiary/aromatic N) is 1. The third-order valence-electron chi connectivity index (χ3n) is 4.32. The van der Waals surface area contributed by atoms with Crippen molar-refractivity contribution in [3.8, 4) is 0 Å². The van der Waals surface area contributed by atoms with Crippen molar-refractivity contribution in [1.82, 2.24) is 10.2 Å². The van der Waals surface area contributed by atoms with Gasteiger partial charge in [-0.3, -0.25) is 4.90 Å². The zero-order valence-corrected chi connectivity index (χ0v) is 12.4. The summed E-state index contributed by atoms with van der Waals surface area (Å²) in [6.45, 7) is 10.4. The summed E-state index contributed by atoms with van der Waals surface area (Å²) in [7, 11) is 1.85. The number of hydrogen-bond acceptors (Lipinski definition) is 3. The van der Waals surface area contributed by atoms with Crippen LogP contribution >= 0.6 is 0 Å². The first kappa shape index (κ1) is 14.3. The molecule has 106 valence electrons. The number of methoxy groups -OCH3 is 1. The molecule has 18 heavy (non-hydrogen) atoms. The molecule has 0 aromatic heterocycles. The Morgan fingerprint density at radius 1 is 1.28 bits per heavy atom. The van der Waals surface area contributed by atoms with Gasteiger partial charge in [0.05, 0.1) is 6.61 Å². The van der Waals surface area contributed by atoms with Gasteiger partial charge in [-0.05, 0) is 44.7 Å². The predicted molar refractivity (Wildman–Crippen MR) is 75.8 cm³/mol. The summed E-state index contributed by atoms with van der Waals surface area (Å²) in [4.78, 5) is 2.75. The highest BCUT2D eigenvalue weighted by Gasteiger charge is 2.38. The number of nitrogens with one attached hydrogen (secondary N) is 1. The van der Waals surface area contributed by atoms with Gasteiger partial charge in [-0.2, -0.15) is 0 Å². The highest BCUT2D eigenvalue weighted by atomic mass is 16.5. The molecule has 0 aromatic carbocycles. The van der Waals surface area contributed by atoms with Crippen LogP contribution in [0.4, 0.5) is 0 Å². The van der Waals surface area contributed by atoms with Crippen LogP contribution in [0.5, 0.6) is 0 Å². The molecule has 2 rings (SSSR count). The van der Waals surface area contributed by atoms with Crippen LogP contribution in [0.25, 0.3) is 0 Å². The molecule has 2 fully saturated rings. The minimum Gasteiger partial charge on any atom is -0.384 e. The molecule has 1 aliphatic carbocycles. The molecule has 1 saturated heterocycles. The molecule has 3 nitrogen and oxygen atoms in total. The van der Waals surface area contributed by atoms with E-state index in [9.17, 15) is 0 Å². The highest BCUT2D eigenvalue weighted by molar-refractivity contribution is 4.93. The largest absolute Gasteiger partial charge is 0.384 e. The number of hydrogen-bond donors (Lipinski definition) is 1. The molecule has 1 saturated carbocycles. The second-order valence-corrected chi connectivity index (χ2v) is 6.74. The molecular weight excluding hydrogens is 224 g/mol. The Bertz CT molecular complexity index is 239. The lowest BCUT2D eigenvalue weighted by atomic mass is 9.79. The van der Waals surface area contributed by atoms with E-state index in [1.165, 1.54) is 38.8 Å². The van der Waals surface area contributed by atoms with Gasteiger partial charge in [-0.25, -0.2) is 0 Å². The summed E-state index contributed by atoms with van der Waals surface area (Å²) in [5, 5.41) is 3.48. The molecule has 3 heteroatoms. The number of rotatable bonds is 7. The van der Waals surface area contributed by atoms with Crippen molar-refractivity contribution >= 4 is 0 Å². The fourth-order valence-corrected chi connectivity index (χ4v) is 3.29. The molecule has 0 aromatic rings. The van der Waals surface area contributed by atoms with E-state index in [0.29, 0.717) is 5.41 Å². The van der Waals surface area contributed by atoms with E-state index in [2.05, 4.69) is 24.1 Å². The van der Waals surface area contributed by atoms with Gasteiger partial charge in [0, 0.05) is 31.7 Å². The van der Waals surface area contributed by atoms with Crippen LogP contribution in [0.3, 0.4) is 0 Å². The maximum absolute atomic E-state index is 5.54. The Hall–Kier alpha value is -0.120. The van der Waals surface area contributed by atoms with Crippen LogP contribution in [0.1, 0.15) is 39.5 Å². The average Bonchev–Trinajstić information content (AvgIpc) is 3.13. The lowest BCUT2D eigenvalue weighted by Gasteiger charge is -2.41. The summed E-state index contributed by atoms with van der Waals surface area (Å²) >= 11 is 0. The van der Waals surface area contributed by atoms with Crippen molar-refractivity contribution in [3.05, 3.63) is 0 Å². The van der Waals surface area contributed by atoms with E-state index in [-0.39, 0.29) is 0 Å². The molecule has 0 radical (unpaired) electrons. The van der Waals surface area contributed by atoms with Crippen molar-refractivity contribution in [3.63, 3.8) is 0 Å². The number of ether oxygens (including phenoxy) is 1. The molecule has 2 aliphatic rings.